The number of carbonyl (C=O) groups is 2. The highest BCUT2D eigenvalue weighted by Crippen LogP contribution is 1.84. The summed E-state index contributed by atoms with van der Waals surface area (Å²) in [5.41, 5.74) is 0. The molecule has 0 heterocycles. The number of carbonyl (C=O) groups excluding carboxylic acids is 1. The monoisotopic (exact) mass is 200 g/mol. The minimum atomic E-state index is -1.19. The molecule has 14 heavy (non-hydrogen) atoms. The van der Waals surface area contributed by atoms with Crippen LogP contribution in [0.25, 0.3) is 0 Å². The van der Waals surface area contributed by atoms with Gasteiger partial charge in [0.15, 0.2) is 0 Å². The molecule has 78 valence electrons. The fraction of sp³-hybridized carbons (Fsp3) is 0.333. The number of rotatable bonds is 6. The Morgan fingerprint density at radius 3 is 2.57 bits per heavy atom. The van der Waals surface area contributed by atoms with Gasteiger partial charge in [0.1, 0.15) is 13.2 Å². The molecule has 5 nitrogen and oxygen atoms in total. The summed E-state index contributed by atoms with van der Waals surface area (Å²) in [7, 11) is 0. The summed E-state index contributed by atoms with van der Waals surface area (Å²) in [5, 5.41) is 8.18. The van der Waals surface area contributed by atoms with Gasteiger partial charge in [-0.3, -0.25) is 0 Å². The van der Waals surface area contributed by atoms with E-state index in [-0.39, 0.29) is 13.2 Å². The summed E-state index contributed by atoms with van der Waals surface area (Å²) in [5.74, 6) is -1.89. The third-order valence-electron chi connectivity index (χ3n) is 1.04. The summed E-state index contributed by atoms with van der Waals surface area (Å²) < 4.78 is 9.45. The van der Waals surface area contributed by atoms with Gasteiger partial charge in [-0.15, -0.1) is 0 Å². The van der Waals surface area contributed by atoms with E-state index in [1.165, 1.54) is 6.26 Å². The Bertz CT molecular complexity index is 242. The van der Waals surface area contributed by atoms with Crippen LogP contribution in [0, 0.1) is 0 Å². The van der Waals surface area contributed by atoms with Crippen molar-refractivity contribution < 1.29 is 24.2 Å². The van der Waals surface area contributed by atoms with Gasteiger partial charge in [-0.25, -0.2) is 9.59 Å². The Morgan fingerprint density at radius 1 is 1.29 bits per heavy atom. The fourth-order valence-electron chi connectivity index (χ4n) is 0.542. The van der Waals surface area contributed by atoms with Crippen molar-refractivity contribution in [3.8, 4) is 0 Å². The molecular weight excluding hydrogens is 188 g/mol. The number of hydrogen-bond donors (Lipinski definition) is 1. The van der Waals surface area contributed by atoms with Gasteiger partial charge in [0.25, 0.3) is 0 Å². The van der Waals surface area contributed by atoms with Crippen LogP contribution in [0.3, 0.4) is 0 Å². The first-order chi connectivity index (χ1) is 6.66. The molecule has 0 aliphatic rings. The molecule has 0 radical (unpaired) electrons. The number of carboxylic acid groups (broad SMARTS) is 1. The highest BCUT2D eigenvalue weighted by molar-refractivity contribution is 5.90. The maximum atomic E-state index is 10.7. The van der Waals surface area contributed by atoms with E-state index in [2.05, 4.69) is 4.74 Å². The van der Waals surface area contributed by atoms with Gasteiger partial charge in [0.2, 0.25) is 0 Å². The Balaban J connectivity index is 3.49. The molecule has 0 saturated heterocycles. The normalized spacial score (nSPS) is 10.6. The molecule has 0 saturated carbocycles. The number of carboxylic acids is 1. The molecule has 0 spiro atoms. The Kier molecular flexibility index (Phi) is 6.85. The van der Waals surface area contributed by atoms with Gasteiger partial charge in [0, 0.05) is 12.2 Å². The molecule has 0 aliphatic heterocycles. The topological polar surface area (TPSA) is 72.8 Å². The standard InChI is InChI=1S/C9H12O5/c1-2-5-13-6-7-14-9(12)4-3-8(10)11/h2-5H,6-7H2,1H3,(H,10,11)/b4-3+,5-2?. The smallest absolute Gasteiger partial charge is 0.331 e. The zero-order chi connectivity index (χ0) is 10.8. The minimum absolute atomic E-state index is 0.0904. The van der Waals surface area contributed by atoms with Gasteiger partial charge in [-0.2, -0.15) is 0 Å². The van der Waals surface area contributed by atoms with Crippen LogP contribution in [-0.2, 0) is 19.1 Å². The fourth-order valence-corrected chi connectivity index (χ4v) is 0.542. The zero-order valence-corrected chi connectivity index (χ0v) is 7.80. The number of allylic oxidation sites excluding steroid dienone is 1. The lowest BCUT2D eigenvalue weighted by atomic mass is 10.5. The first-order valence-corrected chi connectivity index (χ1v) is 3.97. The van der Waals surface area contributed by atoms with Gasteiger partial charge < -0.3 is 14.6 Å². The number of hydrogen-bond acceptors (Lipinski definition) is 4. The third-order valence-corrected chi connectivity index (χ3v) is 1.04. The van der Waals surface area contributed by atoms with Crippen molar-refractivity contribution in [3.63, 3.8) is 0 Å². The van der Waals surface area contributed by atoms with Crippen LogP contribution in [0.2, 0.25) is 0 Å². The SMILES string of the molecule is CC=COCCOC(=O)/C=C/C(=O)O. The highest BCUT2D eigenvalue weighted by Gasteiger charge is 1.97. The second kappa shape index (κ2) is 7.85. The van der Waals surface area contributed by atoms with E-state index in [1.54, 1.807) is 13.0 Å². The molecule has 0 amide bonds. The van der Waals surface area contributed by atoms with E-state index in [4.69, 9.17) is 9.84 Å². The predicted octanol–water partition coefficient (Wildman–Crippen LogP) is 0.721. The molecule has 0 fully saturated rings. The average molecular weight is 200 g/mol. The van der Waals surface area contributed by atoms with Crippen LogP contribution >= 0.6 is 0 Å². The molecule has 0 aromatic rings. The molecule has 0 bridgehead atoms. The summed E-state index contributed by atoms with van der Waals surface area (Å²) >= 11 is 0. The molecule has 0 aliphatic carbocycles. The van der Waals surface area contributed by atoms with E-state index >= 15 is 0 Å². The molecule has 0 unspecified atom stereocenters. The van der Waals surface area contributed by atoms with Crippen molar-refractivity contribution in [3.05, 3.63) is 24.5 Å². The molecule has 0 atom stereocenters. The van der Waals surface area contributed by atoms with E-state index < -0.39 is 11.9 Å². The second-order valence-corrected chi connectivity index (χ2v) is 2.18. The van der Waals surface area contributed by atoms with Crippen molar-refractivity contribution in [2.45, 2.75) is 6.92 Å². The summed E-state index contributed by atoms with van der Waals surface area (Å²) in [4.78, 5) is 20.7. The molecular formula is C9H12O5. The third kappa shape index (κ3) is 8.32. The largest absolute Gasteiger partial charge is 0.498 e. The van der Waals surface area contributed by atoms with Crippen LogP contribution in [0.1, 0.15) is 6.92 Å². The van der Waals surface area contributed by atoms with Gasteiger partial charge in [-0.1, -0.05) is 6.08 Å². The van der Waals surface area contributed by atoms with E-state index in [0.717, 1.165) is 12.2 Å². The Labute approximate surface area is 81.6 Å². The van der Waals surface area contributed by atoms with Gasteiger partial charge >= 0.3 is 11.9 Å². The van der Waals surface area contributed by atoms with Crippen LogP contribution in [0.15, 0.2) is 24.5 Å². The molecule has 0 rings (SSSR count). The van der Waals surface area contributed by atoms with Crippen molar-refractivity contribution in [1.82, 2.24) is 0 Å². The molecule has 1 N–H and O–H groups in total. The number of esters is 1. The first kappa shape index (κ1) is 12.2. The Morgan fingerprint density at radius 2 is 2.00 bits per heavy atom. The number of aliphatic carboxylic acids is 1. The lowest BCUT2D eigenvalue weighted by Crippen LogP contribution is -2.07. The molecule has 0 aromatic carbocycles. The van der Waals surface area contributed by atoms with E-state index in [9.17, 15) is 9.59 Å². The first-order valence-electron chi connectivity index (χ1n) is 3.97. The van der Waals surface area contributed by atoms with Crippen LogP contribution in [-0.4, -0.2) is 30.3 Å². The zero-order valence-electron chi connectivity index (χ0n) is 7.80. The van der Waals surface area contributed by atoms with Crippen molar-refractivity contribution in [2.75, 3.05) is 13.2 Å². The van der Waals surface area contributed by atoms with Crippen molar-refractivity contribution >= 4 is 11.9 Å². The van der Waals surface area contributed by atoms with Crippen LogP contribution in [0.4, 0.5) is 0 Å². The maximum Gasteiger partial charge on any atom is 0.331 e. The van der Waals surface area contributed by atoms with Crippen LogP contribution in [0.5, 0.6) is 0 Å². The Hall–Kier alpha value is -1.78. The highest BCUT2D eigenvalue weighted by atomic mass is 16.6. The number of ether oxygens (including phenoxy) is 2. The van der Waals surface area contributed by atoms with E-state index in [0.29, 0.717) is 0 Å². The second-order valence-electron chi connectivity index (χ2n) is 2.18. The van der Waals surface area contributed by atoms with Crippen LogP contribution < -0.4 is 0 Å². The molecule has 0 aromatic heterocycles. The lowest BCUT2D eigenvalue weighted by molar-refractivity contribution is -0.139. The molecule has 5 heteroatoms. The maximum absolute atomic E-state index is 10.7. The quantitative estimate of drug-likeness (QED) is 0.296. The minimum Gasteiger partial charge on any atom is -0.498 e. The lowest BCUT2D eigenvalue weighted by Gasteiger charge is -2.00. The summed E-state index contributed by atoms with van der Waals surface area (Å²) in [6.45, 7) is 2.13. The average Bonchev–Trinajstić information content (AvgIpc) is 2.14. The van der Waals surface area contributed by atoms with Gasteiger partial charge in [0.05, 0.1) is 6.26 Å². The van der Waals surface area contributed by atoms with E-state index in [1.807, 2.05) is 0 Å². The predicted molar refractivity (Wildman–Crippen MR) is 48.5 cm³/mol. The summed E-state index contributed by atoms with van der Waals surface area (Å²) in [6.07, 6.45) is 4.74. The van der Waals surface area contributed by atoms with Crippen molar-refractivity contribution in [1.29, 1.82) is 0 Å². The summed E-state index contributed by atoms with van der Waals surface area (Å²) in [6, 6.07) is 0. The van der Waals surface area contributed by atoms with Crippen molar-refractivity contribution in [2.24, 2.45) is 0 Å². The van der Waals surface area contributed by atoms with Gasteiger partial charge in [-0.05, 0) is 6.92 Å².